The zero-order valence-electron chi connectivity index (χ0n) is 11.4. The van der Waals surface area contributed by atoms with Gasteiger partial charge in [-0.1, -0.05) is 12.2 Å². The Morgan fingerprint density at radius 2 is 2.25 bits per heavy atom. The fourth-order valence-electron chi connectivity index (χ4n) is 3.48. The Kier molecular flexibility index (Phi) is 2.60. The minimum atomic E-state index is -0.185. The van der Waals surface area contributed by atoms with Gasteiger partial charge in [-0.15, -0.1) is 0 Å². The number of hydrogen-bond acceptors (Lipinski definition) is 2. The Balaban J connectivity index is 1.59. The molecule has 1 aromatic rings. The van der Waals surface area contributed by atoms with Crippen LogP contribution in [0.3, 0.4) is 0 Å². The van der Waals surface area contributed by atoms with Crippen molar-refractivity contribution in [1.82, 2.24) is 15.2 Å². The molecule has 3 atom stereocenters. The molecule has 20 heavy (non-hydrogen) atoms. The Bertz CT molecular complexity index is 581. The second kappa shape index (κ2) is 4.35. The lowest BCUT2D eigenvalue weighted by molar-refractivity contribution is -0.123. The van der Waals surface area contributed by atoms with Gasteiger partial charge in [0.25, 0.3) is 0 Å². The molecule has 3 aliphatic rings. The van der Waals surface area contributed by atoms with Gasteiger partial charge in [0.05, 0.1) is 11.6 Å². The minimum Gasteiger partial charge on any atom is -0.343 e. The summed E-state index contributed by atoms with van der Waals surface area (Å²) in [5.74, 6) is 0.591. The van der Waals surface area contributed by atoms with Crippen LogP contribution in [0.1, 0.15) is 19.3 Å². The maximum atomic E-state index is 12.4. The summed E-state index contributed by atoms with van der Waals surface area (Å²) in [4.78, 5) is 12.4. The number of carbonyl (C=O) groups excluding carboxylic acids is 1. The largest absolute Gasteiger partial charge is 0.343 e. The first-order valence-electron chi connectivity index (χ1n) is 7.37. The second-order valence-electron chi connectivity index (χ2n) is 5.95. The molecular formula is C16H19N3O. The van der Waals surface area contributed by atoms with E-state index in [0.29, 0.717) is 5.92 Å². The van der Waals surface area contributed by atoms with Crippen molar-refractivity contribution in [2.75, 3.05) is 6.54 Å². The number of fused-ring (bicyclic) bond motifs is 1. The molecule has 2 heterocycles. The summed E-state index contributed by atoms with van der Waals surface area (Å²) in [5.41, 5.74) is 0.996. The third-order valence-electron chi connectivity index (χ3n) is 4.68. The van der Waals surface area contributed by atoms with Crippen molar-refractivity contribution in [1.29, 1.82) is 0 Å². The summed E-state index contributed by atoms with van der Waals surface area (Å²) >= 11 is 0. The number of rotatable bonds is 3. The van der Waals surface area contributed by atoms with E-state index in [-0.39, 0.29) is 17.5 Å². The quantitative estimate of drug-likeness (QED) is 0.874. The molecule has 2 unspecified atom stereocenters. The Hall–Kier alpha value is -1.81. The van der Waals surface area contributed by atoms with Crippen molar-refractivity contribution < 1.29 is 4.79 Å². The molecule has 0 bridgehead atoms. The van der Waals surface area contributed by atoms with Crippen molar-refractivity contribution in [2.24, 2.45) is 5.92 Å². The molecule has 4 nitrogen and oxygen atoms in total. The molecule has 2 fully saturated rings. The molecule has 1 saturated heterocycles. The van der Waals surface area contributed by atoms with E-state index in [1.54, 1.807) is 0 Å². The van der Waals surface area contributed by atoms with Gasteiger partial charge >= 0.3 is 0 Å². The zero-order valence-corrected chi connectivity index (χ0v) is 11.4. The lowest BCUT2D eigenvalue weighted by atomic mass is 10.0. The van der Waals surface area contributed by atoms with Crippen LogP contribution in [0.4, 0.5) is 0 Å². The summed E-state index contributed by atoms with van der Waals surface area (Å²) < 4.78 is 2.12. The average Bonchev–Trinajstić information content (AvgIpc) is 2.92. The van der Waals surface area contributed by atoms with E-state index in [9.17, 15) is 4.79 Å². The molecule has 1 amide bonds. The number of hydrogen-bond donors (Lipinski definition) is 2. The normalized spacial score (nSPS) is 34.5. The smallest absolute Gasteiger partial charge is 0.237 e. The van der Waals surface area contributed by atoms with Crippen LogP contribution in [0.2, 0.25) is 0 Å². The summed E-state index contributed by atoms with van der Waals surface area (Å²) in [6.07, 6.45) is 13.6. The van der Waals surface area contributed by atoms with Crippen LogP contribution in [0.25, 0.3) is 5.70 Å². The Morgan fingerprint density at radius 1 is 1.40 bits per heavy atom. The highest BCUT2D eigenvalue weighted by atomic mass is 16.2. The van der Waals surface area contributed by atoms with Gasteiger partial charge in [-0.3, -0.25) is 4.79 Å². The fourth-order valence-corrected chi connectivity index (χ4v) is 3.48. The van der Waals surface area contributed by atoms with Crippen LogP contribution < -0.4 is 10.6 Å². The van der Waals surface area contributed by atoms with Gasteiger partial charge in [-0.25, -0.2) is 0 Å². The van der Waals surface area contributed by atoms with Gasteiger partial charge in [0.1, 0.15) is 0 Å². The van der Waals surface area contributed by atoms with Gasteiger partial charge in [0.15, 0.2) is 0 Å². The van der Waals surface area contributed by atoms with Crippen LogP contribution in [-0.4, -0.2) is 28.6 Å². The van der Waals surface area contributed by atoms with E-state index in [4.69, 9.17) is 0 Å². The third-order valence-corrected chi connectivity index (χ3v) is 4.68. The highest BCUT2D eigenvalue weighted by molar-refractivity contribution is 5.86. The van der Waals surface area contributed by atoms with E-state index >= 15 is 0 Å². The Labute approximate surface area is 118 Å². The van der Waals surface area contributed by atoms with Gasteiger partial charge in [-0.05, 0) is 44.0 Å². The highest BCUT2D eigenvalue weighted by Crippen LogP contribution is 2.53. The fraction of sp³-hybridized carbons (Fsp3) is 0.438. The average molecular weight is 269 g/mol. The molecule has 1 aliphatic heterocycles. The lowest BCUT2D eigenvalue weighted by Crippen LogP contribution is -2.48. The van der Waals surface area contributed by atoms with Crippen LogP contribution in [0.5, 0.6) is 0 Å². The maximum absolute atomic E-state index is 12.4. The predicted octanol–water partition coefficient (Wildman–Crippen LogP) is 1.53. The van der Waals surface area contributed by atoms with Gasteiger partial charge < -0.3 is 15.2 Å². The molecule has 2 N–H and O–H groups in total. The first-order chi connectivity index (χ1) is 9.79. The topological polar surface area (TPSA) is 46.1 Å². The molecule has 4 rings (SSSR count). The van der Waals surface area contributed by atoms with E-state index in [1.165, 1.54) is 5.70 Å². The highest BCUT2D eigenvalue weighted by Gasteiger charge is 2.58. The predicted molar refractivity (Wildman–Crippen MR) is 77.9 cm³/mol. The molecule has 0 aromatic carbocycles. The van der Waals surface area contributed by atoms with Gasteiger partial charge in [0, 0.05) is 24.0 Å². The van der Waals surface area contributed by atoms with Crippen molar-refractivity contribution in [3.8, 4) is 0 Å². The summed E-state index contributed by atoms with van der Waals surface area (Å²) in [7, 11) is 0. The standard InChI is InChI=1S/C16H19N3O/c20-15(13-6-4-8-17-13)18-16-11-12(16)5-3-7-14(16)19-9-1-2-10-19/h1-3,5,7,9-10,12-13,17H,4,6,8,11H2,(H,18,20)/t12?,13-,16?/m0/s1. The summed E-state index contributed by atoms with van der Waals surface area (Å²) in [5, 5.41) is 6.58. The molecule has 1 aromatic heterocycles. The number of carbonyl (C=O) groups is 1. The molecule has 104 valence electrons. The van der Waals surface area contributed by atoms with E-state index < -0.39 is 0 Å². The van der Waals surface area contributed by atoms with E-state index in [2.05, 4.69) is 33.4 Å². The Morgan fingerprint density at radius 3 is 3.00 bits per heavy atom. The first kappa shape index (κ1) is 12.0. The number of amides is 1. The molecule has 2 aliphatic carbocycles. The van der Waals surface area contributed by atoms with Gasteiger partial charge in [-0.2, -0.15) is 0 Å². The zero-order chi connectivity index (χ0) is 13.6. The molecule has 4 heteroatoms. The minimum absolute atomic E-state index is 0.0116. The number of aromatic nitrogens is 1. The van der Waals surface area contributed by atoms with E-state index in [1.807, 2.05) is 24.5 Å². The molecule has 0 radical (unpaired) electrons. The summed E-state index contributed by atoms with van der Waals surface area (Å²) in [6, 6.07) is 4.03. The lowest BCUT2D eigenvalue weighted by Gasteiger charge is -2.26. The maximum Gasteiger partial charge on any atom is 0.237 e. The van der Waals surface area contributed by atoms with Crippen LogP contribution in [0.15, 0.2) is 42.8 Å². The van der Waals surface area contributed by atoms with Crippen LogP contribution >= 0.6 is 0 Å². The SMILES string of the molecule is O=C(NC12CC1C=CC=C2n1cccc1)[C@@H]1CCCN1. The molecular weight excluding hydrogens is 250 g/mol. The number of nitrogens with one attached hydrogen (secondary N) is 2. The number of allylic oxidation sites excluding steroid dienone is 2. The van der Waals surface area contributed by atoms with E-state index in [0.717, 1.165) is 25.8 Å². The van der Waals surface area contributed by atoms with Crippen LogP contribution in [-0.2, 0) is 4.79 Å². The monoisotopic (exact) mass is 269 g/mol. The first-order valence-corrected chi connectivity index (χ1v) is 7.37. The van der Waals surface area contributed by atoms with Crippen molar-refractivity contribution in [2.45, 2.75) is 30.8 Å². The summed E-state index contributed by atoms with van der Waals surface area (Å²) in [6.45, 7) is 0.953. The van der Waals surface area contributed by atoms with Gasteiger partial charge in [0.2, 0.25) is 5.91 Å². The third kappa shape index (κ3) is 1.75. The second-order valence-corrected chi connectivity index (χ2v) is 5.95. The number of nitrogens with zero attached hydrogens (tertiary/aromatic N) is 1. The van der Waals surface area contributed by atoms with Crippen molar-refractivity contribution >= 4 is 11.6 Å². The van der Waals surface area contributed by atoms with Crippen molar-refractivity contribution in [3.05, 3.63) is 42.8 Å². The van der Waals surface area contributed by atoms with Crippen LogP contribution in [0, 0.1) is 5.92 Å². The molecule has 1 saturated carbocycles. The van der Waals surface area contributed by atoms with Crippen molar-refractivity contribution in [3.63, 3.8) is 0 Å². The molecule has 0 spiro atoms.